The molecule has 3 amide bonds. The zero-order chi connectivity index (χ0) is 26.4. The number of methoxy groups -OCH3 is 1. The molecule has 0 aliphatic carbocycles. The van der Waals surface area contributed by atoms with E-state index in [0.717, 1.165) is 10.5 Å². The fraction of sp³-hybridized carbons (Fsp3) is 0.0968. The molecule has 0 unspecified atom stereocenters. The van der Waals surface area contributed by atoms with E-state index in [-0.39, 0.29) is 28.4 Å². The maximum atomic E-state index is 13.7. The van der Waals surface area contributed by atoms with Crippen molar-refractivity contribution in [3.8, 4) is 5.75 Å². The molecule has 0 N–H and O–H groups in total. The summed E-state index contributed by atoms with van der Waals surface area (Å²) in [5.41, 5.74) is 2.41. The van der Waals surface area contributed by atoms with Crippen LogP contribution in [0.4, 0.5) is 5.69 Å². The van der Waals surface area contributed by atoms with E-state index in [1.54, 1.807) is 48.5 Å². The first-order valence-electron chi connectivity index (χ1n) is 12.1. The van der Waals surface area contributed by atoms with Crippen molar-refractivity contribution in [3.05, 3.63) is 131 Å². The number of anilines is 1. The van der Waals surface area contributed by atoms with Crippen LogP contribution >= 0.6 is 0 Å². The number of rotatable bonds is 6. The number of ether oxygens (including phenoxy) is 1. The highest BCUT2D eigenvalue weighted by Gasteiger charge is 2.56. The maximum Gasteiger partial charge on any atom is 0.266 e. The molecule has 2 atom stereocenters. The Labute approximate surface area is 218 Å². The van der Waals surface area contributed by atoms with Gasteiger partial charge in [-0.25, -0.2) is 4.90 Å². The van der Waals surface area contributed by atoms with Crippen LogP contribution in [0.5, 0.6) is 5.75 Å². The fourth-order valence-electron chi connectivity index (χ4n) is 5.01. The summed E-state index contributed by atoms with van der Waals surface area (Å²) in [5, 5.41) is 0. The van der Waals surface area contributed by atoms with Gasteiger partial charge in [0.2, 0.25) is 0 Å². The summed E-state index contributed by atoms with van der Waals surface area (Å²) in [7, 11) is 1.53. The van der Waals surface area contributed by atoms with Gasteiger partial charge in [-0.2, -0.15) is 0 Å². The molecule has 4 aromatic carbocycles. The van der Waals surface area contributed by atoms with Gasteiger partial charge in [0, 0.05) is 11.1 Å². The van der Waals surface area contributed by atoms with Gasteiger partial charge in [-0.15, -0.1) is 0 Å². The molecule has 38 heavy (non-hydrogen) atoms. The van der Waals surface area contributed by atoms with Crippen LogP contribution in [0.2, 0.25) is 0 Å². The third-order valence-corrected chi connectivity index (χ3v) is 6.98. The molecule has 4 aromatic rings. The largest absolute Gasteiger partial charge is 0.497 e. The quantitative estimate of drug-likeness (QED) is 0.212. The number of carbonyl (C=O) groups is 4. The number of hydrogen-bond acceptors (Lipinski definition) is 5. The third-order valence-electron chi connectivity index (χ3n) is 6.98. The van der Waals surface area contributed by atoms with Gasteiger partial charge in [-0.05, 0) is 48.0 Å². The van der Waals surface area contributed by atoms with Crippen LogP contribution in [0, 0.1) is 0 Å². The average Bonchev–Trinajstić information content (AvgIpc) is 3.67. The second kappa shape index (κ2) is 9.12. The molecule has 6 rings (SSSR count). The lowest BCUT2D eigenvalue weighted by Crippen LogP contribution is -2.29. The first-order chi connectivity index (χ1) is 18.5. The first kappa shape index (κ1) is 23.4. The minimum Gasteiger partial charge on any atom is -0.497 e. The molecule has 2 aliphatic heterocycles. The molecule has 0 aromatic heterocycles. The number of amides is 3. The molecule has 2 aliphatic rings. The van der Waals surface area contributed by atoms with Gasteiger partial charge in [-0.3, -0.25) is 19.2 Å². The van der Waals surface area contributed by atoms with E-state index in [9.17, 15) is 19.2 Å². The van der Waals surface area contributed by atoms with Crippen molar-refractivity contribution in [2.75, 3.05) is 12.0 Å². The molecule has 1 fully saturated rings. The number of ketones is 1. The topological polar surface area (TPSA) is 83.8 Å². The number of carbonyl (C=O) groups excluding carboxylic acids is 4. The number of fused-ring (bicyclic) bond motifs is 1. The Bertz CT molecular complexity index is 1580. The molecule has 186 valence electrons. The van der Waals surface area contributed by atoms with Crippen LogP contribution in [-0.4, -0.2) is 41.6 Å². The van der Waals surface area contributed by atoms with Crippen molar-refractivity contribution in [2.24, 2.45) is 0 Å². The Kier molecular flexibility index (Phi) is 5.61. The van der Waals surface area contributed by atoms with Gasteiger partial charge in [-0.1, -0.05) is 60.7 Å². The molecule has 0 saturated carbocycles. The minimum atomic E-state index is -0.659. The second-order valence-electron chi connectivity index (χ2n) is 9.15. The van der Waals surface area contributed by atoms with Crippen molar-refractivity contribution >= 4 is 29.2 Å². The van der Waals surface area contributed by atoms with E-state index in [1.807, 2.05) is 36.4 Å². The van der Waals surface area contributed by atoms with E-state index in [4.69, 9.17) is 4.74 Å². The maximum absolute atomic E-state index is 13.7. The number of nitrogens with zero attached hydrogens (tertiary/aromatic N) is 2. The lowest BCUT2D eigenvalue weighted by molar-refractivity contribution is 0.0833. The van der Waals surface area contributed by atoms with E-state index in [2.05, 4.69) is 0 Å². The predicted molar refractivity (Wildman–Crippen MR) is 140 cm³/mol. The smallest absolute Gasteiger partial charge is 0.266 e. The first-order valence-corrected chi connectivity index (χ1v) is 12.1. The van der Waals surface area contributed by atoms with Crippen molar-refractivity contribution in [2.45, 2.75) is 12.1 Å². The Morgan fingerprint density at radius 2 is 1.34 bits per heavy atom. The van der Waals surface area contributed by atoms with E-state index >= 15 is 0 Å². The monoisotopic (exact) mass is 502 g/mol. The highest BCUT2D eigenvalue weighted by Crippen LogP contribution is 2.46. The van der Waals surface area contributed by atoms with Gasteiger partial charge in [0.25, 0.3) is 17.7 Å². The fourth-order valence-corrected chi connectivity index (χ4v) is 5.01. The average molecular weight is 503 g/mol. The van der Waals surface area contributed by atoms with E-state index in [0.29, 0.717) is 17.0 Å². The summed E-state index contributed by atoms with van der Waals surface area (Å²) in [4.78, 5) is 56.0. The van der Waals surface area contributed by atoms with Crippen LogP contribution in [0.3, 0.4) is 0 Å². The normalized spacial score (nSPS) is 17.8. The summed E-state index contributed by atoms with van der Waals surface area (Å²) in [6.45, 7) is 0. The molecule has 1 saturated heterocycles. The van der Waals surface area contributed by atoms with Crippen LogP contribution in [-0.2, 0) is 0 Å². The molecule has 0 radical (unpaired) electrons. The number of benzene rings is 4. The zero-order valence-electron chi connectivity index (χ0n) is 20.4. The second-order valence-corrected chi connectivity index (χ2v) is 9.15. The Morgan fingerprint density at radius 1 is 0.711 bits per heavy atom. The van der Waals surface area contributed by atoms with Crippen LogP contribution < -0.4 is 9.64 Å². The molecule has 0 bridgehead atoms. The van der Waals surface area contributed by atoms with E-state index < -0.39 is 23.9 Å². The molecule has 2 heterocycles. The van der Waals surface area contributed by atoms with Crippen molar-refractivity contribution in [3.63, 3.8) is 0 Å². The lowest BCUT2D eigenvalue weighted by atomic mass is 10.0. The van der Waals surface area contributed by atoms with Gasteiger partial charge in [0.1, 0.15) is 11.8 Å². The van der Waals surface area contributed by atoms with Gasteiger partial charge in [0.05, 0.1) is 30.0 Å². The number of imide groups is 1. The van der Waals surface area contributed by atoms with Crippen molar-refractivity contribution < 1.29 is 23.9 Å². The van der Waals surface area contributed by atoms with E-state index in [1.165, 1.54) is 30.2 Å². The molecule has 7 heteroatoms. The Morgan fingerprint density at radius 3 is 2.00 bits per heavy atom. The highest BCUT2D eigenvalue weighted by molar-refractivity contribution is 6.34. The molecular weight excluding hydrogens is 480 g/mol. The Balaban J connectivity index is 1.31. The van der Waals surface area contributed by atoms with Crippen molar-refractivity contribution in [1.82, 2.24) is 4.90 Å². The summed E-state index contributed by atoms with van der Waals surface area (Å²) in [5.74, 6) is -0.887. The van der Waals surface area contributed by atoms with Gasteiger partial charge >= 0.3 is 0 Å². The SMILES string of the molecule is COc1ccc(N2C(=O)c3ccc(C(=O)N4[C@H](C(=O)c5ccccc5)[C@@H]4c4ccccc4)cc3C2=O)cc1. The summed E-state index contributed by atoms with van der Waals surface area (Å²) in [6.07, 6.45) is 0. The standard InChI is InChI=1S/C31H22N2O5/c1-38-23-15-13-22(14-16-23)32-30(36)24-17-12-21(18-25(24)31(32)37)29(35)33-26(19-8-4-2-5-9-19)27(33)28(34)20-10-6-3-7-11-20/h2-18,26-27H,1H3/t26-,27-,33?/m0/s1. The Hall–Kier alpha value is -5.04. The van der Waals surface area contributed by atoms with Crippen LogP contribution in [0.25, 0.3) is 0 Å². The third kappa shape index (κ3) is 3.76. The van der Waals surface area contributed by atoms with Crippen LogP contribution in [0.15, 0.2) is 103 Å². The van der Waals surface area contributed by atoms with Gasteiger partial charge in [0.15, 0.2) is 5.78 Å². The summed E-state index contributed by atoms with van der Waals surface area (Å²) >= 11 is 0. The molecular formula is C31H22N2O5. The lowest BCUT2D eigenvalue weighted by Gasteiger charge is -2.14. The molecule has 7 nitrogen and oxygen atoms in total. The highest BCUT2D eigenvalue weighted by atomic mass is 16.5. The van der Waals surface area contributed by atoms with Gasteiger partial charge < -0.3 is 9.64 Å². The predicted octanol–water partition coefficient (Wildman–Crippen LogP) is 4.94. The molecule has 0 spiro atoms. The summed E-state index contributed by atoms with van der Waals surface area (Å²) < 4.78 is 5.16. The zero-order valence-corrected chi connectivity index (χ0v) is 20.4. The van der Waals surface area contributed by atoms with Crippen LogP contribution in [0.1, 0.15) is 53.0 Å². The summed E-state index contributed by atoms with van der Waals surface area (Å²) in [6, 6.07) is 28.3. The minimum absolute atomic E-state index is 0.147. The van der Waals surface area contributed by atoms with Crippen molar-refractivity contribution in [1.29, 1.82) is 0 Å². The number of hydrogen-bond donors (Lipinski definition) is 0. The number of Topliss-reactive ketones (excluding diaryl/α,β-unsaturated/α-hetero) is 1.